The molecule has 0 spiro atoms. The van der Waals surface area contributed by atoms with Crippen molar-refractivity contribution in [2.45, 2.75) is 6.54 Å². The van der Waals surface area contributed by atoms with Gasteiger partial charge in [0.2, 0.25) is 5.91 Å². The van der Waals surface area contributed by atoms with E-state index in [4.69, 9.17) is 0 Å². The van der Waals surface area contributed by atoms with Crippen molar-refractivity contribution in [3.63, 3.8) is 0 Å². The second-order valence-corrected chi connectivity index (χ2v) is 6.19. The molecule has 0 aliphatic heterocycles. The molecule has 0 unspecified atom stereocenters. The molecule has 0 aliphatic carbocycles. The predicted molar refractivity (Wildman–Crippen MR) is 97.7 cm³/mol. The van der Waals surface area contributed by atoms with Gasteiger partial charge < -0.3 is 10.6 Å². The molecule has 3 heterocycles. The first-order valence-electron chi connectivity index (χ1n) is 7.67. The zero-order chi connectivity index (χ0) is 17.9. The second-order valence-electron chi connectivity index (χ2n) is 5.30. The number of aromatic nitrogens is 5. The van der Waals surface area contributed by atoms with Crippen LogP contribution in [0.3, 0.4) is 0 Å². The van der Waals surface area contributed by atoms with Gasteiger partial charge >= 0.3 is 5.69 Å². The molecule has 2 N–H and O–H groups in total. The third-order valence-electron chi connectivity index (χ3n) is 3.47. The minimum absolute atomic E-state index is 0.206. The molecule has 0 bridgehead atoms. The molecular weight excluding hydrogens is 354 g/mol. The molecular formula is C16H13N7O2S. The smallest absolute Gasteiger partial charge is 0.340 e. The molecule has 0 saturated carbocycles. The number of hydrogen-bond donors (Lipinski definition) is 2. The Balaban J connectivity index is 1.56. The Morgan fingerprint density at radius 2 is 2.04 bits per heavy atom. The van der Waals surface area contributed by atoms with Gasteiger partial charge in [0.1, 0.15) is 12.4 Å². The summed E-state index contributed by atoms with van der Waals surface area (Å²) in [6, 6.07) is 11.2. The third-order valence-corrected chi connectivity index (χ3v) is 4.16. The normalized spacial score (nSPS) is 10.8. The molecule has 0 radical (unpaired) electrons. The van der Waals surface area contributed by atoms with E-state index in [1.807, 2.05) is 30.3 Å². The summed E-state index contributed by atoms with van der Waals surface area (Å²) in [6.45, 7) is -0.219. The zero-order valence-corrected chi connectivity index (χ0v) is 14.2. The van der Waals surface area contributed by atoms with E-state index >= 15 is 0 Å². The molecule has 9 nitrogen and oxygen atoms in total. The molecule has 0 aliphatic rings. The fourth-order valence-corrected chi connectivity index (χ4v) is 2.87. The fraction of sp³-hybridized carbons (Fsp3) is 0.0625. The molecule has 1 aromatic carbocycles. The molecule has 1 amide bonds. The summed E-state index contributed by atoms with van der Waals surface area (Å²) in [7, 11) is 0. The van der Waals surface area contributed by atoms with Crippen LogP contribution in [0.15, 0.2) is 59.0 Å². The summed E-state index contributed by atoms with van der Waals surface area (Å²) in [5.74, 6) is 0.374. The van der Waals surface area contributed by atoms with Crippen molar-refractivity contribution in [1.29, 1.82) is 0 Å². The minimum atomic E-state index is -0.437. The van der Waals surface area contributed by atoms with Gasteiger partial charge in [-0.15, -0.1) is 16.4 Å². The molecule has 4 rings (SSSR count). The molecule has 0 saturated heterocycles. The molecule has 130 valence electrons. The lowest BCUT2D eigenvalue weighted by molar-refractivity contribution is -0.117. The number of amides is 1. The van der Waals surface area contributed by atoms with Crippen LogP contribution in [0.5, 0.6) is 0 Å². The van der Waals surface area contributed by atoms with E-state index in [-0.39, 0.29) is 18.2 Å². The summed E-state index contributed by atoms with van der Waals surface area (Å²) in [6.07, 6.45) is 3.15. The lowest BCUT2D eigenvalue weighted by Crippen LogP contribution is -2.28. The van der Waals surface area contributed by atoms with Crippen molar-refractivity contribution in [3.8, 4) is 0 Å². The molecule has 4 aromatic rings. The van der Waals surface area contributed by atoms with E-state index in [2.05, 4.69) is 25.7 Å². The van der Waals surface area contributed by atoms with Gasteiger partial charge in [-0.1, -0.05) is 18.2 Å². The number of thiazole rings is 1. The number of para-hydroxylation sites is 1. The van der Waals surface area contributed by atoms with E-state index < -0.39 is 5.69 Å². The van der Waals surface area contributed by atoms with E-state index in [0.29, 0.717) is 10.9 Å². The van der Waals surface area contributed by atoms with Crippen LogP contribution in [-0.2, 0) is 11.3 Å². The van der Waals surface area contributed by atoms with Gasteiger partial charge in [-0.2, -0.15) is 4.98 Å². The number of hydrogen-bond acceptors (Lipinski definition) is 7. The highest BCUT2D eigenvalue weighted by atomic mass is 32.1. The fourth-order valence-electron chi connectivity index (χ4n) is 2.33. The van der Waals surface area contributed by atoms with Crippen LogP contribution in [0.1, 0.15) is 0 Å². The number of nitrogens with one attached hydrogen (secondary N) is 2. The number of carbonyl (C=O) groups excluding carboxylic acids is 1. The number of nitrogens with zero attached hydrogens (tertiary/aromatic N) is 5. The first-order chi connectivity index (χ1) is 12.7. The molecule has 26 heavy (non-hydrogen) atoms. The van der Waals surface area contributed by atoms with Crippen molar-refractivity contribution in [2.24, 2.45) is 0 Å². The van der Waals surface area contributed by atoms with Gasteiger partial charge in [-0.3, -0.25) is 4.79 Å². The Morgan fingerprint density at radius 1 is 1.19 bits per heavy atom. The van der Waals surface area contributed by atoms with Gasteiger partial charge in [0, 0.05) is 23.5 Å². The lowest BCUT2D eigenvalue weighted by Gasteiger charge is -2.04. The summed E-state index contributed by atoms with van der Waals surface area (Å²) in [5, 5.41) is 12.1. The first-order valence-corrected chi connectivity index (χ1v) is 8.55. The summed E-state index contributed by atoms with van der Waals surface area (Å²) >= 11 is 1.30. The zero-order valence-electron chi connectivity index (χ0n) is 13.4. The summed E-state index contributed by atoms with van der Waals surface area (Å²) in [5.41, 5.74) is 0.432. The molecule has 0 atom stereocenters. The maximum absolute atomic E-state index is 12.3. The highest BCUT2D eigenvalue weighted by Gasteiger charge is 2.13. The van der Waals surface area contributed by atoms with Gasteiger partial charge in [0.05, 0.1) is 0 Å². The Bertz CT molecular complexity index is 1100. The Hall–Kier alpha value is -3.53. The van der Waals surface area contributed by atoms with E-state index in [0.717, 1.165) is 10.4 Å². The van der Waals surface area contributed by atoms with Crippen LogP contribution in [0.4, 0.5) is 16.6 Å². The summed E-state index contributed by atoms with van der Waals surface area (Å²) in [4.78, 5) is 32.7. The van der Waals surface area contributed by atoms with Crippen molar-refractivity contribution >= 4 is 39.7 Å². The topological polar surface area (TPSA) is 106 Å². The van der Waals surface area contributed by atoms with Crippen molar-refractivity contribution in [3.05, 3.63) is 64.7 Å². The van der Waals surface area contributed by atoms with Crippen LogP contribution in [0.2, 0.25) is 0 Å². The Kier molecular flexibility index (Phi) is 4.15. The Morgan fingerprint density at radius 3 is 2.81 bits per heavy atom. The highest BCUT2D eigenvalue weighted by Crippen LogP contribution is 2.13. The highest BCUT2D eigenvalue weighted by molar-refractivity contribution is 7.13. The second kappa shape index (κ2) is 6.76. The maximum Gasteiger partial charge on any atom is 0.352 e. The summed E-state index contributed by atoms with van der Waals surface area (Å²) < 4.78 is 2.35. The maximum atomic E-state index is 12.3. The number of carbonyl (C=O) groups is 1. The minimum Gasteiger partial charge on any atom is -0.340 e. The van der Waals surface area contributed by atoms with Crippen LogP contribution in [0, 0.1) is 0 Å². The standard InChI is InChI=1S/C16H13N7O2S/c24-13(20-15-17-7-9-26-15)10-23-16(25)22-8-6-12(19-14(22)21-23)18-11-4-2-1-3-5-11/h1-9H,10H2,(H,17,20,24)(H,18,19,21). The number of rotatable bonds is 5. The van der Waals surface area contributed by atoms with E-state index in [1.54, 1.807) is 23.8 Å². The quantitative estimate of drug-likeness (QED) is 0.556. The number of benzene rings is 1. The first kappa shape index (κ1) is 16.0. The molecule has 0 fully saturated rings. The largest absolute Gasteiger partial charge is 0.352 e. The van der Waals surface area contributed by atoms with Crippen molar-refractivity contribution < 1.29 is 4.79 Å². The van der Waals surface area contributed by atoms with Crippen LogP contribution in [0.25, 0.3) is 5.78 Å². The average molecular weight is 367 g/mol. The lowest BCUT2D eigenvalue weighted by atomic mass is 10.3. The van der Waals surface area contributed by atoms with Gasteiger partial charge in [-0.25, -0.2) is 18.9 Å². The van der Waals surface area contributed by atoms with E-state index in [1.165, 1.54) is 15.7 Å². The SMILES string of the molecule is O=C(Cn1nc2nc(Nc3ccccc3)ccn2c1=O)Nc1nccs1. The monoisotopic (exact) mass is 367 g/mol. The number of anilines is 3. The van der Waals surface area contributed by atoms with Crippen LogP contribution in [-0.4, -0.2) is 30.1 Å². The van der Waals surface area contributed by atoms with Crippen LogP contribution < -0.4 is 16.3 Å². The van der Waals surface area contributed by atoms with Crippen molar-refractivity contribution in [2.75, 3.05) is 10.6 Å². The van der Waals surface area contributed by atoms with Crippen molar-refractivity contribution in [1.82, 2.24) is 24.1 Å². The van der Waals surface area contributed by atoms with E-state index in [9.17, 15) is 9.59 Å². The molecule has 3 aromatic heterocycles. The van der Waals surface area contributed by atoms with Crippen LogP contribution >= 0.6 is 11.3 Å². The molecule has 10 heteroatoms. The predicted octanol–water partition coefficient (Wildman–Crippen LogP) is 1.73. The third kappa shape index (κ3) is 3.30. The number of fused-ring (bicyclic) bond motifs is 1. The average Bonchev–Trinajstić information content (AvgIpc) is 3.24. The van der Waals surface area contributed by atoms with Gasteiger partial charge in [0.25, 0.3) is 5.78 Å². The Labute approximate surface area is 151 Å². The van der Waals surface area contributed by atoms with Gasteiger partial charge in [0.15, 0.2) is 5.13 Å². The van der Waals surface area contributed by atoms with Gasteiger partial charge in [-0.05, 0) is 18.2 Å².